The lowest BCUT2D eigenvalue weighted by Crippen LogP contribution is -2.14. The average Bonchev–Trinajstić information content (AvgIpc) is 3.08. The molecule has 0 bridgehead atoms. The summed E-state index contributed by atoms with van der Waals surface area (Å²) in [6.45, 7) is 38.0. The van der Waals surface area contributed by atoms with Crippen molar-refractivity contribution in [2.45, 2.75) is 170 Å². The molecule has 0 radical (unpaired) electrons. The van der Waals surface area contributed by atoms with Crippen molar-refractivity contribution in [1.29, 1.82) is 0 Å². The quantitative estimate of drug-likeness (QED) is 0.233. The molecule has 0 N–H and O–H groups in total. The van der Waals surface area contributed by atoms with E-state index in [2.05, 4.69) is 69.2 Å². The monoisotopic (exact) mass is 627 g/mol. The summed E-state index contributed by atoms with van der Waals surface area (Å²) in [5.41, 5.74) is 1.18. The van der Waals surface area contributed by atoms with Gasteiger partial charge in [-0.25, -0.2) is 0 Å². The molecule has 266 valence electrons. The van der Waals surface area contributed by atoms with E-state index in [9.17, 15) is 0 Å². The summed E-state index contributed by atoms with van der Waals surface area (Å²) in [6, 6.07) is 36.0. The summed E-state index contributed by atoms with van der Waals surface area (Å²) in [4.78, 5) is 0. The highest BCUT2D eigenvalue weighted by Gasteiger charge is 2.19. The third kappa shape index (κ3) is 99.5. The maximum Gasteiger partial charge on any atom is -0.0354 e. The first-order chi connectivity index (χ1) is 21.5. The Bertz CT molecular complexity index is 537. The second-order valence-electron chi connectivity index (χ2n) is 11.6. The van der Waals surface area contributed by atoms with Gasteiger partial charge in [0.1, 0.15) is 0 Å². The van der Waals surface area contributed by atoms with Crippen molar-refractivity contribution in [1.82, 2.24) is 0 Å². The van der Waals surface area contributed by atoms with E-state index in [1.165, 1.54) is 44.9 Å². The van der Waals surface area contributed by atoms with Crippen molar-refractivity contribution in [2.24, 2.45) is 10.8 Å². The third-order valence-electron chi connectivity index (χ3n) is 4.21. The van der Waals surface area contributed by atoms with E-state index in [-0.39, 0.29) is 0 Å². The minimum Gasteiger partial charge on any atom is -0.0683 e. The zero-order chi connectivity index (χ0) is 36.7. The molecule has 0 aromatic heterocycles. The topological polar surface area (TPSA) is 0 Å². The van der Waals surface area contributed by atoms with Gasteiger partial charge in [0, 0.05) is 0 Å². The van der Waals surface area contributed by atoms with E-state index in [0.29, 0.717) is 10.8 Å². The predicted molar refractivity (Wildman–Crippen MR) is 219 cm³/mol. The summed E-state index contributed by atoms with van der Waals surface area (Å²) >= 11 is 0. The second kappa shape index (κ2) is 57.3. The van der Waals surface area contributed by atoms with Crippen molar-refractivity contribution in [3.8, 4) is 0 Å². The van der Waals surface area contributed by atoms with Crippen LogP contribution < -0.4 is 0 Å². The Morgan fingerprint density at radius 2 is 0.467 bits per heavy atom. The zero-order valence-corrected chi connectivity index (χ0v) is 34.3. The highest BCUT2D eigenvalue weighted by molar-refractivity contribution is 5.00. The third-order valence-corrected chi connectivity index (χ3v) is 4.21. The maximum absolute atomic E-state index is 2.38. The molecule has 45 heavy (non-hydrogen) atoms. The lowest BCUT2D eigenvalue weighted by molar-refractivity contribution is 0.244. The van der Waals surface area contributed by atoms with E-state index in [1.54, 1.807) is 0 Å². The molecule has 0 heteroatoms. The van der Waals surface area contributed by atoms with Crippen LogP contribution in [-0.2, 0) is 0 Å². The van der Waals surface area contributed by atoms with Crippen molar-refractivity contribution >= 4 is 0 Å². The molecule has 0 atom stereocenters. The standard InChI is InChI=1S/C8H16.3C6H6.C5H12.2C3H8.4C2H6/c1-8(2)6-4-3-5-7-8;3*1-2-4-6-5-3-1;1-5(2,3)4;2*1-3-2;4*1-2/h3-7H2,1-2H3;3*1-6H;1-4H3;2*3H2,1-2H3;4*1-2H3. The van der Waals surface area contributed by atoms with Gasteiger partial charge in [0.15, 0.2) is 0 Å². The van der Waals surface area contributed by atoms with Crippen LogP contribution in [0.1, 0.15) is 170 Å². The number of hydrogen-bond donors (Lipinski definition) is 0. The second-order valence-corrected chi connectivity index (χ2v) is 11.6. The minimum atomic E-state index is 0.500. The first-order valence-corrected chi connectivity index (χ1v) is 18.5. The predicted octanol–water partition coefficient (Wildman–Crippen LogP) is 17.0. The molecule has 3 aromatic carbocycles. The van der Waals surface area contributed by atoms with Crippen LogP contribution in [0.25, 0.3) is 0 Å². The fourth-order valence-corrected chi connectivity index (χ4v) is 2.66. The van der Waals surface area contributed by atoms with E-state index in [0.717, 1.165) is 0 Å². The maximum atomic E-state index is 2.38. The molecule has 1 aliphatic rings. The Morgan fingerprint density at radius 3 is 0.533 bits per heavy atom. The molecule has 0 amide bonds. The van der Waals surface area contributed by atoms with Crippen LogP contribution in [0.4, 0.5) is 0 Å². The Labute approximate surface area is 288 Å². The number of benzene rings is 3. The molecule has 1 aliphatic carbocycles. The van der Waals surface area contributed by atoms with E-state index < -0.39 is 0 Å². The van der Waals surface area contributed by atoms with E-state index in [4.69, 9.17) is 0 Å². The van der Waals surface area contributed by atoms with Gasteiger partial charge in [-0.05, 0) is 23.7 Å². The SMILES string of the molecule is CC.CC.CC.CC.CC(C)(C)C.CC1(C)CCCCC1.CCC.CCC.c1ccccc1.c1ccccc1.c1ccccc1. The van der Waals surface area contributed by atoms with Crippen LogP contribution in [-0.4, -0.2) is 0 Å². The minimum absolute atomic E-state index is 0.500. The van der Waals surface area contributed by atoms with E-state index >= 15 is 0 Å². The van der Waals surface area contributed by atoms with Gasteiger partial charge < -0.3 is 0 Å². The van der Waals surface area contributed by atoms with Gasteiger partial charge in [-0.3, -0.25) is 0 Å². The summed E-state index contributed by atoms with van der Waals surface area (Å²) in [7, 11) is 0. The van der Waals surface area contributed by atoms with Gasteiger partial charge in [-0.2, -0.15) is 0 Å². The summed E-state index contributed by atoms with van der Waals surface area (Å²) in [5, 5.41) is 0. The molecular formula is C45H86. The van der Waals surface area contributed by atoms with Crippen LogP contribution in [0, 0.1) is 10.8 Å². The van der Waals surface area contributed by atoms with Gasteiger partial charge in [-0.1, -0.05) is 266 Å². The number of rotatable bonds is 0. The number of hydrogen-bond acceptors (Lipinski definition) is 0. The smallest absolute Gasteiger partial charge is 0.0354 e. The normalized spacial score (nSPS) is 10.8. The molecule has 0 nitrogen and oxygen atoms in total. The summed E-state index contributed by atoms with van der Waals surface area (Å²) in [6.07, 6.45) is 9.81. The molecule has 0 heterocycles. The summed E-state index contributed by atoms with van der Waals surface area (Å²) < 4.78 is 0. The Balaban J connectivity index is -0.0000000734. The van der Waals surface area contributed by atoms with Crippen molar-refractivity contribution < 1.29 is 0 Å². The Kier molecular flexibility index (Phi) is 74.2. The summed E-state index contributed by atoms with van der Waals surface area (Å²) in [5.74, 6) is 0. The lowest BCUT2D eigenvalue weighted by atomic mass is 9.78. The molecule has 0 saturated heterocycles. The highest BCUT2D eigenvalue weighted by atomic mass is 14.3. The zero-order valence-electron chi connectivity index (χ0n) is 34.3. The first-order valence-electron chi connectivity index (χ1n) is 18.5. The van der Waals surface area contributed by atoms with Gasteiger partial charge in [0.2, 0.25) is 0 Å². The Morgan fingerprint density at radius 1 is 0.356 bits per heavy atom. The van der Waals surface area contributed by atoms with Crippen LogP contribution >= 0.6 is 0 Å². The molecule has 0 aliphatic heterocycles. The van der Waals surface area contributed by atoms with Crippen LogP contribution in [0.3, 0.4) is 0 Å². The van der Waals surface area contributed by atoms with Gasteiger partial charge >= 0.3 is 0 Å². The fraction of sp³-hybridized carbons (Fsp3) is 0.600. The van der Waals surface area contributed by atoms with Crippen LogP contribution in [0.5, 0.6) is 0 Å². The van der Waals surface area contributed by atoms with Crippen molar-refractivity contribution in [3.63, 3.8) is 0 Å². The van der Waals surface area contributed by atoms with Gasteiger partial charge in [0.05, 0.1) is 0 Å². The molecule has 0 unspecified atom stereocenters. The van der Waals surface area contributed by atoms with E-state index in [1.807, 2.05) is 165 Å². The molecule has 1 saturated carbocycles. The van der Waals surface area contributed by atoms with Crippen LogP contribution in [0.2, 0.25) is 0 Å². The average molecular weight is 627 g/mol. The molecule has 4 rings (SSSR count). The first kappa shape index (κ1) is 58.2. The lowest BCUT2D eigenvalue weighted by Gasteiger charge is -2.28. The molecule has 1 fully saturated rings. The van der Waals surface area contributed by atoms with Crippen LogP contribution in [0.15, 0.2) is 109 Å². The molecular weight excluding hydrogens is 540 g/mol. The highest BCUT2D eigenvalue weighted by Crippen LogP contribution is 2.34. The molecule has 3 aromatic rings. The van der Waals surface area contributed by atoms with Gasteiger partial charge in [0.25, 0.3) is 0 Å². The van der Waals surface area contributed by atoms with Crippen molar-refractivity contribution in [2.75, 3.05) is 0 Å². The Hall–Kier alpha value is -2.34. The fourth-order valence-electron chi connectivity index (χ4n) is 2.66. The largest absolute Gasteiger partial charge is 0.0683 e. The van der Waals surface area contributed by atoms with Crippen molar-refractivity contribution in [3.05, 3.63) is 109 Å². The molecule has 0 spiro atoms. The van der Waals surface area contributed by atoms with Gasteiger partial charge in [-0.15, -0.1) is 0 Å².